The second-order valence-electron chi connectivity index (χ2n) is 5.68. The highest BCUT2D eigenvalue weighted by Gasteiger charge is 2.09. The van der Waals surface area contributed by atoms with Gasteiger partial charge in [-0.05, 0) is 58.7 Å². The normalized spacial score (nSPS) is 10.0. The highest BCUT2D eigenvalue weighted by atomic mass is 79.9. The molecule has 0 aliphatic carbocycles. The van der Waals surface area contributed by atoms with Crippen LogP contribution in [0.3, 0.4) is 0 Å². The monoisotopic (exact) mass is 495 g/mol. The maximum Gasteiger partial charge on any atom is 0.276 e. The molecule has 2 aromatic carbocycles. The van der Waals surface area contributed by atoms with Crippen LogP contribution in [0.25, 0.3) is 0 Å². The summed E-state index contributed by atoms with van der Waals surface area (Å²) < 4.78 is 7.18. The van der Waals surface area contributed by atoms with Gasteiger partial charge in [-0.25, -0.2) is 0 Å². The number of hydrogen-bond donors (Lipinski definition) is 3. The zero-order valence-corrected chi connectivity index (χ0v) is 17.8. The third-order valence-corrected chi connectivity index (χ3v) is 4.98. The summed E-state index contributed by atoms with van der Waals surface area (Å²) >= 11 is 6.76. The van der Waals surface area contributed by atoms with Crippen LogP contribution < -0.4 is 20.9 Å². The molecule has 0 unspecified atom stereocenters. The molecule has 0 aliphatic rings. The number of benzene rings is 2. The van der Waals surface area contributed by atoms with Crippen molar-refractivity contribution < 1.29 is 14.3 Å². The lowest BCUT2D eigenvalue weighted by molar-refractivity contribution is -0.124. The van der Waals surface area contributed by atoms with Crippen LogP contribution in [0.5, 0.6) is 5.75 Å². The Kier molecular flexibility index (Phi) is 7.87. The first kappa shape index (κ1) is 21.0. The molecule has 6 nitrogen and oxygen atoms in total. The Morgan fingerprint density at radius 1 is 1.04 bits per heavy atom. The van der Waals surface area contributed by atoms with Crippen molar-refractivity contribution in [3.63, 3.8) is 0 Å². The topological polar surface area (TPSA) is 79.5 Å². The Bertz CT molecular complexity index is 856. The molecule has 3 N–H and O–H groups in total. The van der Waals surface area contributed by atoms with Gasteiger partial charge in [0.1, 0.15) is 5.75 Å². The van der Waals surface area contributed by atoms with Crippen molar-refractivity contribution in [3.05, 3.63) is 69.2 Å². The third kappa shape index (κ3) is 7.07. The highest BCUT2D eigenvalue weighted by Crippen LogP contribution is 2.22. The Balaban J connectivity index is 1.71. The predicted molar refractivity (Wildman–Crippen MR) is 112 cm³/mol. The maximum absolute atomic E-state index is 12.0. The fraction of sp³-hybridized carbons (Fsp3) is 0.158. The van der Waals surface area contributed by atoms with Crippen molar-refractivity contribution in [1.82, 2.24) is 10.9 Å². The first-order valence-electron chi connectivity index (χ1n) is 8.01. The third-order valence-electron chi connectivity index (χ3n) is 3.40. The van der Waals surface area contributed by atoms with E-state index in [4.69, 9.17) is 4.74 Å². The SMILES string of the molecule is C=C(CC(=O)Nc1ccccc1Br)NNC(=O)COc1ccc(Br)c(C)c1. The van der Waals surface area contributed by atoms with E-state index in [1.807, 2.05) is 37.3 Å². The van der Waals surface area contributed by atoms with E-state index >= 15 is 0 Å². The first-order valence-corrected chi connectivity index (χ1v) is 9.59. The van der Waals surface area contributed by atoms with E-state index in [0.29, 0.717) is 17.1 Å². The van der Waals surface area contributed by atoms with Gasteiger partial charge in [0.2, 0.25) is 5.91 Å². The lowest BCUT2D eigenvalue weighted by Gasteiger charge is -2.12. The van der Waals surface area contributed by atoms with E-state index in [9.17, 15) is 9.59 Å². The second kappa shape index (κ2) is 10.1. The minimum Gasteiger partial charge on any atom is -0.484 e. The van der Waals surface area contributed by atoms with Crippen molar-refractivity contribution in [1.29, 1.82) is 0 Å². The van der Waals surface area contributed by atoms with Crippen molar-refractivity contribution in [3.8, 4) is 5.75 Å². The van der Waals surface area contributed by atoms with Gasteiger partial charge in [0.15, 0.2) is 6.61 Å². The number of carbonyl (C=O) groups is 2. The average molecular weight is 497 g/mol. The van der Waals surface area contributed by atoms with Gasteiger partial charge in [0.05, 0.1) is 12.1 Å². The molecule has 2 rings (SSSR count). The van der Waals surface area contributed by atoms with Gasteiger partial charge < -0.3 is 15.5 Å². The summed E-state index contributed by atoms with van der Waals surface area (Å²) in [5.74, 6) is -0.0457. The van der Waals surface area contributed by atoms with E-state index in [1.165, 1.54) is 0 Å². The van der Waals surface area contributed by atoms with Crippen LogP contribution in [-0.4, -0.2) is 18.4 Å². The number of para-hydroxylation sites is 1. The molecule has 0 spiro atoms. The molecule has 0 saturated heterocycles. The Labute approximate surface area is 174 Å². The van der Waals surface area contributed by atoms with Crippen molar-refractivity contribution in [2.24, 2.45) is 0 Å². The minimum atomic E-state index is -0.386. The lowest BCUT2D eigenvalue weighted by Crippen LogP contribution is -2.40. The number of rotatable bonds is 8. The summed E-state index contributed by atoms with van der Waals surface area (Å²) in [6.45, 7) is 5.50. The van der Waals surface area contributed by atoms with Crippen LogP contribution in [0.1, 0.15) is 12.0 Å². The summed E-state index contributed by atoms with van der Waals surface area (Å²) in [7, 11) is 0. The number of ether oxygens (including phenoxy) is 1. The molecule has 0 atom stereocenters. The van der Waals surface area contributed by atoms with Crippen molar-refractivity contribution in [2.75, 3.05) is 11.9 Å². The minimum absolute atomic E-state index is 0.00831. The first-order chi connectivity index (χ1) is 12.8. The van der Waals surface area contributed by atoms with Crippen molar-refractivity contribution >= 4 is 49.4 Å². The van der Waals surface area contributed by atoms with E-state index in [-0.39, 0.29) is 24.8 Å². The zero-order chi connectivity index (χ0) is 19.8. The summed E-state index contributed by atoms with van der Waals surface area (Å²) in [6, 6.07) is 12.7. The molecule has 2 amide bonds. The Morgan fingerprint density at radius 3 is 2.48 bits per heavy atom. The molecule has 0 aliphatic heterocycles. The largest absolute Gasteiger partial charge is 0.484 e. The molecule has 0 bridgehead atoms. The summed E-state index contributed by atoms with van der Waals surface area (Å²) in [6.07, 6.45) is 0.00831. The van der Waals surface area contributed by atoms with Crippen LogP contribution >= 0.6 is 31.9 Å². The van der Waals surface area contributed by atoms with Gasteiger partial charge in [-0.2, -0.15) is 0 Å². The van der Waals surface area contributed by atoms with E-state index < -0.39 is 0 Å². The van der Waals surface area contributed by atoms with Crippen LogP contribution in [0.4, 0.5) is 5.69 Å². The maximum atomic E-state index is 12.0. The molecule has 142 valence electrons. The number of amides is 2. The number of hydrazine groups is 1. The number of nitrogens with one attached hydrogen (secondary N) is 3. The molecule has 8 heteroatoms. The Hall–Kier alpha value is -2.32. The molecular weight excluding hydrogens is 478 g/mol. The lowest BCUT2D eigenvalue weighted by atomic mass is 10.2. The molecule has 2 aromatic rings. The fourth-order valence-corrected chi connectivity index (χ4v) is 2.68. The van der Waals surface area contributed by atoms with Crippen LogP contribution in [0.15, 0.2) is 63.7 Å². The van der Waals surface area contributed by atoms with Gasteiger partial charge in [0, 0.05) is 14.6 Å². The van der Waals surface area contributed by atoms with Gasteiger partial charge >= 0.3 is 0 Å². The quantitative estimate of drug-likeness (QED) is 0.481. The van der Waals surface area contributed by atoms with Gasteiger partial charge in [0.25, 0.3) is 5.91 Å². The molecule has 27 heavy (non-hydrogen) atoms. The summed E-state index contributed by atoms with van der Waals surface area (Å²) in [5.41, 5.74) is 7.09. The average Bonchev–Trinajstić information content (AvgIpc) is 2.63. The number of hydrogen-bond acceptors (Lipinski definition) is 4. The molecule has 0 radical (unpaired) electrons. The smallest absolute Gasteiger partial charge is 0.276 e. The fourth-order valence-electron chi connectivity index (χ4n) is 2.05. The number of anilines is 1. The highest BCUT2D eigenvalue weighted by molar-refractivity contribution is 9.10. The molecule has 0 saturated carbocycles. The van der Waals surface area contributed by atoms with Crippen LogP contribution in [-0.2, 0) is 9.59 Å². The van der Waals surface area contributed by atoms with E-state index in [0.717, 1.165) is 14.5 Å². The van der Waals surface area contributed by atoms with E-state index in [1.54, 1.807) is 12.1 Å². The summed E-state index contributed by atoms with van der Waals surface area (Å²) in [5, 5.41) is 2.76. The molecular formula is C19H19Br2N3O3. The van der Waals surface area contributed by atoms with Gasteiger partial charge in [-0.3, -0.25) is 15.0 Å². The standard InChI is InChI=1S/C19H19Br2N3O3/c1-12-9-14(7-8-15(12)20)27-11-19(26)24-23-13(2)10-18(25)22-17-6-4-3-5-16(17)21/h3-9,23H,2,10-11H2,1H3,(H,22,25)(H,24,26). The molecule has 0 aromatic heterocycles. The number of carbonyl (C=O) groups excluding carboxylic acids is 2. The Morgan fingerprint density at radius 2 is 1.78 bits per heavy atom. The number of aryl methyl sites for hydroxylation is 1. The molecule has 0 heterocycles. The molecule has 0 fully saturated rings. The zero-order valence-electron chi connectivity index (χ0n) is 14.6. The van der Waals surface area contributed by atoms with Gasteiger partial charge in [-0.1, -0.05) is 34.6 Å². The summed E-state index contributed by atoms with van der Waals surface area (Å²) in [4.78, 5) is 23.9. The van der Waals surface area contributed by atoms with Crippen LogP contribution in [0.2, 0.25) is 0 Å². The number of halogens is 2. The van der Waals surface area contributed by atoms with E-state index in [2.05, 4.69) is 54.6 Å². The second-order valence-corrected chi connectivity index (χ2v) is 7.39. The van der Waals surface area contributed by atoms with Crippen molar-refractivity contribution in [2.45, 2.75) is 13.3 Å². The predicted octanol–water partition coefficient (Wildman–Crippen LogP) is 4.06. The van der Waals surface area contributed by atoms with Crippen LogP contribution in [0, 0.1) is 6.92 Å². The van der Waals surface area contributed by atoms with Gasteiger partial charge in [-0.15, -0.1) is 0 Å².